The lowest BCUT2D eigenvalue weighted by Crippen LogP contribution is -2.10. The van der Waals surface area contributed by atoms with Crippen LogP contribution in [0.5, 0.6) is 0 Å². The first kappa shape index (κ1) is 14.0. The third-order valence-corrected chi connectivity index (χ3v) is 2.72. The lowest BCUT2D eigenvalue weighted by molar-refractivity contribution is -0.142. The van der Waals surface area contributed by atoms with Gasteiger partial charge in [0.1, 0.15) is 5.69 Å². The van der Waals surface area contributed by atoms with Gasteiger partial charge in [-0.1, -0.05) is 15.9 Å². The van der Waals surface area contributed by atoms with Gasteiger partial charge in [-0.3, -0.25) is 9.78 Å². The fourth-order valence-corrected chi connectivity index (χ4v) is 1.82. The van der Waals surface area contributed by atoms with Gasteiger partial charge in [-0.2, -0.15) is 0 Å². The van der Waals surface area contributed by atoms with E-state index in [4.69, 9.17) is 4.74 Å². The van der Waals surface area contributed by atoms with Crippen molar-refractivity contribution in [3.05, 3.63) is 29.1 Å². The molecule has 0 aliphatic heterocycles. The summed E-state index contributed by atoms with van der Waals surface area (Å²) in [5.41, 5.74) is 0.905. The Morgan fingerprint density at radius 1 is 1.53 bits per heavy atom. The van der Waals surface area contributed by atoms with Crippen LogP contribution in [0.25, 0.3) is 0 Å². The van der Waals surface area contributed by atoms with E-state index in [1.807, 2.05) is 0 Å². The van der Waals surface area contributed by atoms with Crippen molar-refractivity contribution in [1.82, 2.24) is 4.98 Å². The second-order valence-electron chi connectivity index (χ2n) is 3.29. The van der Waals surface area contributed by atoms with Crippen LogP contribution in [0.4, 0.5) is 8.78 Å². The molecule has 94 valence electrons. The zero-order chi connectivity index (χ0) is 12.8. The van der Waals surface area contributed by atoms with Crippen LogP contribution in [0, 0.1) is 0 Å². The van der Waals surface area contributed by atoms with E-state index in [9.17, 15) is 13.6 Å². The summed E-state index contributed by atoms with van der Waals surface area (Å²) in [6.07, 6.45) is -1.30. The smallest absolute Gasteiger partial charge is 0.310 e. The summed E-state index contributed by atoms with van der Waals surface area (Å²) in [7, 11) is 0. The molecule has 0 saturated carbocycles. The van der Waals surface area contributed by atoms with E-state index >= 15 is 0 Å². The number of alkyl halides is 3. The molecule has 1 aromatic heterocycles. The highest BCUT2D eigenvalue weighted by Gasteiger charge is 2.14. The van der Waals surface area contributed by atoms with Crippen molar-refractivity contribution in [3.8, 4) is 0 Å². The maximum absolute atomic E-state index is 12.5. The van der Waals surface area contributed by atoms with Crippen LogP contribution >= 0.6 is 15.9 Å². The summed E-state index contributed by atoms with van der Waals surface area (Å²) in [6.45, 7) is 1.97. The van der Waals surface area contributed by atoms with Crippen LogP contribution in [-0.2, 0) is 21.3 Å². The standard InChI is InChI=1S/C11H12BrF2NO2/c1-2-17-10(16)4-7-3-9(11(13)14)15-6-8(7)5-12/h3,6,11H,2,4-5H2,1H3. The van der Waals surface area contributed by atoms with Crippen LogP contribution in [0.1, 0.15) is 30.2 Å². The van der Waals surface area contributed by atoms with Crippen LogP contribution in [0.2, 0.25) is 0 Å². The number of rotatable bonds is 5. The van der Waals surface area contributed by atoms with Crippen molar-refractivity contribution in [2.24, 2.45) is 0 Å². The lowest BCUT2D eigenvalue weighted by Gasteiger charge is -2.08. The second kappa shape index (κ2) is 6.64. The van der Waals surface area contributed by atoms with Gasteiger partial charge in [-0.25, -0.2) is 8.78 Å². The molecule has 0 aliphatic rings. The zero-order valence-corrected chi connectivity index (χ0v) is 10.8. The Labute approximate surface area is 106 Å². The Morgan fingerprint density at radius 3 is 2.76 bits per heavy atom. The van der Waals surface area contributed by atoms with Crippen molar-refractivity contribution < 1.29 is 18.3 Å². The molecule has 0 aliphatic carbocycles. The van der Waals surface area contributed by atoms with E-state index in [-0.39, 0.29) is 18.7 Å². The summed E-state index contributed by atoms with van der Waals surface area (Å²) in [4.78, 5) is 14.9. The molecule has 0 saturated heterocycles. The Balaban J connectivity index is 2.93. The number of esters is 1. The summed E-state index contributed by atoms with van der Waals surface area (Å²) in [5, 5.41) is 0.457. The number of nitrogens with zero attached hydrogens (tertiary/aromatic N) is 1. The van der Waals surface area contributed by atoms with Gasteiger partial charge < -0.3 is 4.74 Å². The molecule has 0 radical (unpaired) electrons. The molecule has 1 aromatic rings. The SMILES string of the molecule is CCOC(=O)Cc1cc(C(F)F)ncc1CBr. The van der Waals surface area contributed by atoms with Crippen molar-refractivity contribution in [2.75, 3.05) is 6.61 Å². The van der Waals surface area contributed by atoms with Gasteiger partial charge in [-0.15, -0.1) is 0 Å². The monoisotopic (exact) mass is 307 g/mol. The van der Waals surface area contributed by atoms with Crippen LogP contribution < -0.4 is 0 Å². The molecule has 0 atom stereocenters. The number of aromatic nitrogens is 1. The number of halogens is 3. The topological polar surface area (TPSA) is 39.2 Å². The van der Waals surface area contributed by atoms with Crippen molar-refractivity contribution in [3.63, 3.8) is 0 Å². The van der Waals surface area contributed by atoms with Gasteiger partial charge in [0.15, 0.2) is 0 Å². The first-order valence-corrected chi connectivity index (χ1v) is 6.18. The molecule has 1 rings (SSSR count). The maximum Gasteiger partial charge on any atom is 0.310 e. The molecule has 0 aromatic carbocycles. The van der Waals surface area contributed by atoms with Gasteiger partial charge >= 0.3 is 5.97 Å². The highest BCUT2D eigenvalue weighted by molar-refractivity contribution is 9.08. The summed E-state index contributed by atoms with van der Waals surface area (Å²) >= 11 is 3.22. The first-order valence-electron chi connectivity index (χ1n) is 5.05. The number of carbonyl (C=O) groups excluding carboxylic acids is 1. The Morgan fingerprint density at radius 2 is 2.24 bits per heavy atom. The first-order chi connectivity index (χ1) is 8.08. The maximum atomic E-state index is 12.5. The van der Waals surface area contributed by atoms with Crippen LogP contribution in [-0.4, -0.2) is 17.6 Å². The highest BCUT2D eigenvalue weighted by Crippen LogP contribution is 2.21. The van der Waals surface area contributed by atoms with E-state index in [0.29, 0.717) is 16.5 Å². The molecule has 0 amide bonds. The molecule has 3 nitrogen and oxygen atoms in total. The number of carbonyl (C=O) groups is 1. The molecule has 17 heavy (non-hydrogen) atoms. The van der Waals surface area contributed by atoms with Crippen LogP contribution in [0.3, 0.4) is 0 Å². The third-order valence-electron chi connectivity index (χ3n) is 2.11. The van der Waals surface area contributed by atoms with Crippen LogP contribution in [0.15, 0.2) is 12.3 Å². The highest BCUT2D eigenvalue weighted by atomic mass is 79.9. The second-order valence-corrected chi connectivity index (χ2v) is 3.85. The molecule has 1 heterocycles. The third kappa shape index (κ3) is 4.03. The normalized spacial score (nSPS) is 10.6. The molecular formula is C11H12BrF2NO2. The molecule has 0 fully saturated rings. The van der Waals surface area contributed by atoms with E-state index in [2.05, 4.69) is 20.9 Å². The minimum absolute atomic E-state index is 0.0169. The summed E-state index contributed by atoms with van der Waals surface area (Å²) in [6, 6.07) is 1.25. The lowest BCUT2D eigenvalue weighted by atomic mass is 10.1. The van der Waals surface area contributed by atoms with Gasteiger partial charge in [0.2, 0.25) is 0 Å². The van der Waals surface area contributed by atoms with E-state index in [0.717, 1.165) is 0 Å². The predicted octanol–water partition coefficient (Wildman–Crippen LogP) is 3.02. The number of hydrogen-bond donors (Lipinski definition) is 0. The van der Waals surface area contributed by atoms with E-state index in [1.54, 1.807) is 6.92 Å². The van der Waals surface area contributed by atoms with Crippen molar-refractivity contribution in [2.45, 2.75) is 25.1 Å². The quantitative estimate of drug-likeness (QED) is 0.620. The van der Waals surface area contributed by atoms with E-state index in [1.165, 1.54) is 12.3 Å². The number of pyridine rings is 1. The van der Waals surface area contributed by atoms with Crippen molar-refractivity contribution >= 4 is 21.9 Å². The molecule has 0 spiro atoms. The average molecular weight is 308 g/mol. The Kier molecular flexibility index (Phi) is 5.47. The van der Waals surface area contributed by atoms with Gasteiger partial charge in [0.25, 0.3) is 6.43 Å². The van der Waals surface area contributed by atoms with Crippen molar-refractivity contribution in [1.29, 1.82) is 0 Å². The minimum atomic E-state index is -2.64. The Bertz CT molecular complexity index is 399. The van der Waals surface area contributed by atoms with E-state index < -0.39 is 12.4 Å². The summed E-state index contributed by atoms with van der Waals surface area (Å²) in [5.74, 6) is -0.430. The Hall–Kier alpha value is -1.04. The largest absolute Gasteiger partial charge is 0.466 e. The van der Waals surface area contributed by atoms with Gasteiger partial charge in [0.05, 0.1) is 13.0 Å². The fraction of sp³-hybridized carbons (Fsp3) is 0.455. The van der Waals surface area contributed by atoms with Gasteiger partial charge in [-0.05, 0) is 24.1 Å². The van der Waals surface area contributed by atoms with Gasteiger partial charge in [0, 0.05) is 11.5 Å². The molecular weight excluding hydrogens is 296 g/mol. The minimum Gasteiger partial charge on any atom is -0.466 e. The fourth-order valence-electron chi connectivity index (χ4n) is 1.32. The molecule has 0 N–H and O–H groups in total. The predicted molar refractivity (Wildman–Crippen MR) is 62.2 cm³/mol. The molecule has 0 unspecified atom stereocenters. The number of ether oxygens (including phenoxy) is 1. The summed E-state index contributed by atoms with van der Waals surface area (Å²) < 4.78 is 29.7. The number of hydrogen-bond acceptors (Lipinski definition) is 3. The molecule has 6 heteroatoms. The zero-order valence-electron chi connectivity index (χ0n) is 9.25. The average Bonchev–Trinajstić information content (AvgIpc) is 2.29. The molecule has 0 bridgehead atoms.